The number of thiazole rings is 1. The predicted molar refractivity (Wildman–Crippen MR) is 142 cm³/mol. The Bertz CT molecular complexity index is 1430. The van der Waals surface area contributed by atoms with Gasteiger partial charge in [-0.3, -0.25) is 15.0 Å². The van der Waals surface area contributed by atoms with Crippen molar-refractivity contribution in [2.75, 3.05) is 5.75 Å². The van der Waals surface area contributed by atoms with Crippen LogP contribution in [0.3, 0.4) is 0 Å². The van der Waals surface area contributed by atoms with E-state index in [2.05, 4.69) is 15.4 Å². The second kappa shape index (κ2) is 10.5. The van der Waals surface area contributed by atoms with Gasteiger partial charge in [-0.25, -0.2) is 9.98 Å². The molecule has 8 heteroatoms. The summed E-state index contributed by atoms with van der Waals surface area (Å²) in [6.45, 7) is 0. The number of aromatic nitrogens is 1. The highest BCUT2D eigenvalue weighted by Gasteiger charge is 2.32. The van der Waals surface area contributed by atoms with Crippen molar-refractivity contribution in [3.8, 4) is 0 Å². The molecule has 1 aliphatic rings. The zero-order chi connectivity index (χ0) is 24.0. The van der Waals surface area contributed by atoms with Gasteiger partial charge in [-0.2, -0.15) is 5.01 Å². The molecule has 0 aliphatic carbocycles. The molecule has 5 rings (SSSR count). The number of hydrogen-bond acceptors (Lipinski definition) is 6. The Morgan fingerprint density at radius 1 is 0.971 bits per heavy atom. The number of nitrogens with one attached hydrogen (secondary N) is 1. The zero-order valence-corrected chi connectivity index (χ0v) is 20.1. The Morgan fingerprint density at radius 2 is 1.69 bits per heavy atom. The molecule has 172 valence electrons. The zero-order valence-electron chi connectivity index (χ0n) is 18.5. The van der Waals surface area contributed by atoms with Gasteiger partial charge in [0.05, 0.1) is 16.0 Å². The Kier molecular flexibility index (Phi) is 6.83. The van der Waals surface area contributed by atoms with E-state index >= 15 is 0 Å². The Hall–Kier alpha value is -4.01. The molecule has 0 spiro atoms. The van der Waals surface area contributed by atoms with Crippen LogP contribution >= 0.6 is 23.1 Å². The number of benzene rings is 3. The highest BCUT2D eigenvalue weighted by Crippen LogP contribution is 2.29. The predicted octanol–water partition coefficient (Wildman–Crippen LogP) is 5.31. The lowest BCUT2D eigenvalue weighted by atomic mass is 10.2. The van der Waals surface area contributed by atoms with Gasteiger partial charge < -0.3 is 0 Å². The molecule has 0 saturated carbocycles. The van der Waals surface area contributed by atoms with Crippen LogP contribution in [0.2, 0.25) is 0 Å². The van der Waals surface area contributed by atoms with Crippen LogP contribution in [0.1, 0.15) is 11.1 Å². The molecule has 3 aromatic carbocycles. The molecule has 2 amide bonds. The first-order chi connectivity index (χ1) is 17.2. The normalized spacial score (nSPS) is 14.7. The van der Waals surface area contributed by atoms with Crippen LogP contribution < -0.4 is 5.43 Å². The smallest absolute Gasteiger partial charge is 0.272 e. The van der Waals surface area contributed by atoms with Crippen molar-refractivity contribution in [3.63, 3.8) is 0 Å². The van der Waals surface area contributed by atoms with Crippen molar-refractivity contribution in [3.05, 3.63) is 114 Å². The van der Waals surface area contributed by atoms with E-state index in [1.54, 1.807) is 12.2 Å². The van der Waals surface area contributed by atoms with Crippen LogP contribution in [0.25, 0.3) is 16.3 Å². The van der Waals surface area contributed by atoms with E-state index in [1.165, 1.54) is 28.1 Å². The summed E-state index contributed by atoms with van der Waals surface area (Å²) in [6, 6.07) is 27.0. The van der Waals surface area contributed by atoms with E-state index in [4.69, 9.17) is 0 Å². The number of amides is 2. The second-order valence-corrected chi connectivity index (χ2v) is 9.79. The fourth-order valence-corrected chi connectivity index (χ4v) is 5.29. The van der Waals surface area contributed by atoms with Crippen molar-refractivity contribution in [2.45, 2.75) is 4.34 Å². The lowest BCUT2D eigenvalue weighted by Crippen LogP contribution is -2.48. The van der Waals surface area contributed by atoms with Crippen LogP contribution in [0, 0.1) is 0 Å². The number of thioether (sulfide) groups is 1. The quantitative estimate of drug-likeness (QED) is 0.278. The Balaban J connectivity index is 1.31. The van der Waals surface area contributed by atoms with Crippen LogP contribution in [0.5, 0.6) is 0 Å². The Morgan fingerprint density at radius 3 is 2.46 bits per heavy atom. The molecule has 1 aliphatic heterocycles. The van der Waals surface area contributed by atoms with E-state index in [0.717, 1.165) is 25.7 Å². The van der Waals surface area contributed by atoms with Crippen LogP contribution in [0.4, 0.5) is 0 Å². The molecule has 6 nitrogen and oxygen atoms in total. The standard InChI is InChI=1S/C27H20N4O2S2/c32-24(18-34-27-29-21-15-7-8-17-23(21)35-27)30-31-25(20-13-5-2-6-14-20)28-22(26(31)33)16-9-12-19-10-3-1-4-11-19/h1-17H,18H2,(H,30,32)/b12-9+,22-16+. The summed E-state index contributed by atoms with van der Waals surface area (Å²) in [6.07, 6.45) is 5.33. The minimum atomic E-state index is -0.389. The average Bonchev–Trinajstić information content (AvgIpc) is 3.45. The molecule has 1 aromatic heterocycles. The molecular formula is C27H20N4O2S2. The molecule has 0 unspecified atom stereocenters. The van der Waals surface area contributed by atoms with Crippen LogP contribution in [-0.2, 0) is 9.59 Å². The van der Waals surface area contributed by atoms with Gasteiger partial charge in [0, 0.05) is 5.56 Å². The van der Waals surface area contributed by atoms with Crippen molar-refractivity contribution < 1.29 is 9.59 Å². The molecule has 0 bridgehead atoms. The van der Waals surface area contributed by atoms with Gasteiger partial charge in [0.25, 0.3) is 5.91 Å². The monoisotopic (exact) mass is 496 g/mol. The number of hydrazine groups is 1. The summed E-state index contributed by atoms with van der Waals surface area (Å²) in [7, 11) is 0. The lowest BCUT2D eigenvalue weighted by molar-refractivity contribution is -0.132. The van der Waals surface area contributed by atoms with Gasteiger partial charge in [0.15, 0.2) is 10.2 Å². The van der Waals surface area contributed by atoms with Gasteiger partial charge in [-0.15, -0.1) is 11.3 Å². The number of rotatable bonds is 7. The van der Waals surface area contributed by atoms with E-state index in [-0.39, 0.29) is 23.3 Å². The number of allylic oxidation sites excluding steroid dienone is 2. The summed E-state index contributed by atoms with van der Waals surface area (Å²) in [5.74, 6) is -0.195. The summed E-state index contributed by atoms with van der Waals surface area (Å²) in [5.41, 5.74) is 5.62. The summed E-state index contributed by atoms with van der Waals surface area (Å²) >= 11 is 2.88. The van der Waals surface area contributed by atoms with Crippen molar-refractivity contribution in [1.82, 2.24) is 15.4 Å². The molecule has 0 saturated heterocycles. The Labute approximate surface area is 210 Å². The summed E-state index contributed by atoms with van der Waals surface area (Å²) < 4.78 is 1.87. The maximum Gasteiger partial charge on any atom is 0.297 e. The van der Waals surface area contributed by atoms with Gasteiger partial charge in [-0.05, 0) is 23.8 Å². The number of hydrogen-bond donors (Lipinski definition) is 1. The van der Waals surface area contributed by atoms with Crippen molar-refractivity contribution in [1.29, 1.82) is 0 Å². The minimum absolute atomic E-state index is 0.124. The first-order valence-electron chi connectivity index (χ1n) is 10.9. The maximum absolute atomic E-state index is 13.1. The second-order valence-electron chi connectivity index (χ2n) is 7.53. The molecule has 0 radical (unpaired) electrons. The van der Waals surface area contributed by atoms with E-state index in [1.807, 2.05) is 91.0 Å². The van der Waals surface area contributed by atoms with Gasteiger partial charge in [0.2, 0.25) is 5.91 Å². The molecule has 35 heavy (non-hydrogen) atoms. The molecule has 0 fully saturated rings. The largest absolute Gasteiger partial charge is 0.297 e. The third kappa shape index (κ3) is 5.40. The highest BCUT2D eigenvalue weighted by atomic mass is 32.2. The third-order valence-electron chi connectivity index (χ3n) is 5.07. The maximum atomic E-state index is 13.1. The lowest BCUT2D eigenvalue weighted by Gasteiger charge is -2.18. The average molecular weight is 497 g/mol. The van der Waals surface area contributed by atoms with E-state index in [0.29, 0.717) is 5.84 Å². The first-order valence-corrected chi connectivity index (χ1v) is 12.7. The summed E-state index contributed by atoms with van der Waals surface area (Å²) in [4.78, 5) is 35.0. The topological polar surface area (TPSA) is 74.7 Å². The highest BCUT2D eigenvalue weighted by molar-refractivity contribution is 8.01. The van der Waals surface area contributed by atoms with Gasteiger partial charge in [0.1, 0.15) is 5.70 Å². The number of fused-ring (bicyclic) bond motifs is 1. The number of carbonyl (C=O) groups is 2. The fourth-order valence-electron chi connectivity index (χ4n) is 3.43. The van der Waals surface area contributed by atoms with Crippen molar-refractivity contribution >= 4 is 57.0 Å². The third-order valence-corrected chi connectivity index (χ3v) is 7.25. The van der Waals surface area contributed by atoms with E-state index in [9.17, 15) is 9.59 Å². The molecular weight excluding hydrogens is 476 g/mol. The van der Waals surface area contributed by atoms with Crippen LogP contribution in [0.15, 0.2) is 112 Å². The molecule has 2 heterocycles. The molecule has 4 aromatic rings. The van der Waals surface area contributed by atoms with Crippen LogP contribution in [-0.4, -0.2) is 33.4 Å². The number of nitrogens with zero attached hydrogens (tertiary/aromatic N) is 3. The summed E-state index contributed by atoms with van der Waals surface area (Å²) in [5, 5.41) is 1.22. The SMILES string of the molecule is O=C(CSc1nc2ccccc2s1)NN1C(=O)/C(=C\C=C\c2ccccc2)N=C1c1ccccc1. The molecule has 1 N–H and O–H groups in total. The number of para-hydroxylation sites is 1. The van der Waals surface area contributed by atoms with Gasteiger partial charge in [-0.1, -0.05) is 96.7 Å². The number of carbonyl (C=O) groups excluding carboxylic acids is 2. The van der Waals surface area contributed by atoms with E-state index < -0.39 is 0 Å². The minimum Gasteiger partial charge on any atom is -0.272 e. The fraction of sp³-hybridized carbons (Fsp3) is 0.0370. The first kappa shape index (κ1) is 22.8. The van der Waals surface area contributed by atoms with Crippen molar-refractivity contribution in [2.24, 2.45) is 4.99 Å². The number of aliphatic imine (C=N–C) groups is 1. The van der Waals surface area contributed by atoms with Gasteiger partial charge >= 0.3 is 0 Å². The molecule has 0 atom stereocenters. The number of amidine groups is 1.